The SMILES string of the molecule is COc1cc([NH-])ccc1C.COc1cc([NH-])ccc1C.[Co+2]. The van der Waals surface area contributed by atoms with Gasteiger partial charge >= 0.3 is 16.8 Å². The van der Waals surface area contributed by atoms with E-state index in [1.807, 2.05) is 26.0 Å². The van der Waals surface area contributed by atoms with Crippen LogP contribution in [0.1, 0.15) is 11.1 Å². The van der Waals surface area contributed by atoms with E-state index in [9.17, 15) is 0 Å². The van der Waals surface area contributed by atoms with Crippen LogP contribution in [0.15, 0.2) is 36.4 Å². The quantitative estimate of drug-likeness (QED) is 0.742. The molecule has 115 valence electrons. The molecule has 2 rings (SSSR count). The number of rotatable bonds is 2. The Morgan fingerprint density at radius 1 is 0.714 bits per heavy atom. The van der Waals surface area contributed by atoms with Gasteiger partial charge in [0, 0.05) is 0 Å². The molecular formula is C16H20CoN2O2. The molecule has 2 aromatic carbocycles. The smallest absolute Gasteiger partial charge is 0.699 e. The molecule has 0 aromatic heterocycles. The van der Waals surface area contributed by atoms with Crippen LogP contribution < -0.4 is 9.47 Å². The van der Waals surface area contributed by atoms with Crippen molar-refractivity contribution in [3.8, 4) is 11.5 Å². The second-order valence-electron chi connectivity index (χ2n) is 4.37. The van der Waals surface area contributed by atoms with Crippen molar-refractivity contribution in [3.05, 3.63) is 59.0 Å². The van der Waals surface area contributed by atoms with Gasteiger partial charge in [-0.1, -0.05) is 24.3 Å². The van der Waals surface area contributed by atoms with E-state index in [-0.39, 0.29) is 16.8 Å². The Bertz CT molecular complexity index is 523. The van der Waals surface area contributed by atoms with Gasteiger partial charge in [-0.2, -0.15) is 0 Å². The number of hydrogen-bond donors (Lipinski definition) is 0. The van der Waals surface area contributed by atoms with Gasteiger partial charge < -0.3 is 20.9 Å². The molecule has 0 aliphatic carbocycles. The van der Waals surface area contributed by atoms with Crippen LogP contribution in [0, 0.1) is 13.8 Å². The minimum absolute atomic E-state index is 0. The molecule has 0 aliphatic rings. The van der Waals surface area contributed by atoms with Crippen LogP contribution in [0.4, 0.5) is 11.4 Å². The molecule has 0 atom stereocenters. The topological polar surface area (TPSA) is 66.1 Å². The molecule has 0 saturated carbocycles. The Hall–Kier alpha value is -1.85. The molecule has 1 radical (unpaired) electrons. The summed E-state index contributed by atoms with van der Waals surface area (Å²) in [6, 6.07) is 10.7. The van der Waals surface area contributed by atoms with Gasteiger partial charge in [-0.05, 0) is 37.1 Å². The minimum Gasteiger partial charge on any atom is -0.699 e. The average molecular weight is 331 g/mol. The predicted octanol–water partition coefficient (Wildman–Crippen LogP) is 5.37. The maximum atomic E-state index is 7.26. The van der Waals surface area contributed by atoms with Gasteiger partial charge in [-0.15, -0.1) is 11.4 Å². The van der Waals surface area contributed by atoms with Gasteiger partial charge in [0.15, 0.2) is 0 Å². The van der Waals surface area contributed by atoms with E-state index in [1.165, 1.54) is 0 Å². The molecule has 2 aromatic rings. The van der Waals surface area contributed by atoms with Crippen molar-refractivity contribution < 1.29 is 26.3 Å². The fraction of sp³-hybridized carbons (Fsp3) is 0.250. The number of methoxy groups -OCH3 is 2. The summed E-state index contributed by atoms with van der Waals surface area (Å²) < 4.78 is 10.0. The molecule has 4 nitrogen and oxygen atoms in total. The van der Waals surface area contributed by atoms with E-state index in [0.717, 1.165) is 22.6 Å². The summed E-state index contributed by atoms with van der Waals surface area (Å²) >= 11 is 0. The van der Waals surface area contributed by atoms with Gasteiger partial charge in [-0.25, -0.2) is 0 Å². The third kappa shape index (κ3) is 5.97. The largest absolute Gasteiger partial charge is 2.00 e. The molecule has 0 saturated heterocycles. The van der Waals surface area contributed by atoms with Crippen molar-refractivity contribution in [2.24, 2.45) is 0 Å². The van der Waals surface area contributed by atoms with Crippen LogP contribution >= 0.6 is 0 Å². The first-order chi connectivity index (χ1) is 9.47. The van der Waals surface area contributed by atoms with E-state index in [1.54, 1.807) is 38.5 Å². The van der Waals surface area contributed by atoms with Gasteiger partial charge in [0.2, 0.25) is 0 Å². The van der Waals surface area contributed by atoms with E-state index in [4.69, 9.17) is 20.9 Å². The Balaban J connectivity index is 0.000000364. The molecule has 0 bridgehead atoms. The van der Waals surface area contributed by atoms with Crippen molar-refractivity contribution in [2.75, 3.05) is 14.2 Å². The first-order valence-corrected chi connectivity index (χ1v) is 6.20. The van der Waals surface area contributed by atoms with Crippen molar-refractivity contribution in [3.63, 3.8) is 0 Å². The van der Waals surface area contributed by atoms with Crippen LogP contribution in [0.5, 0.6) is 11.5 Å². The summed E-state index contributed by atoms with van der Waals surface area (Å²) in [4.78, 5) is 0. The Kier molecular flexibility index (Phi) is 8.34. The first kappa shape index (κ1) is 19.1. The summed E-state index contributed by atoms with van der Waals surface area (Å²) in [5.41, 5.74) is 17.6. The van der Waals surface area contributed by atoms with E-state index in [2.05, 4.69) is 0 Å². The monoisotopic (exact) mass is 331 g/mol. The number of nitrogens with one attached hydrogen (secondary N) is 2. The Morgan fingerprint density at radius 2 is 1.05 bits per heavy atom. The zero-order chi connectivity index (χ0) is 15.1. The van der Waals surface area contributed by atoms with Crippen molar-refractivity contribution in [1.82, 2.24) is 0 Å². The summed E-state index contributed by atoms with van der Waals surface area (Å²) in [6.07, 6.45) is 0. The second-order valence-corrected chi connectivity index (χ2v) is 4.37. The summed E-state index contributed by atoms with van der Waals surface area (Å²) in [7, 11) is 3.23. The van der Waals surface area contributed by atoms with Crippen molar-refractivity contribution in [2.45, 2.75) is 13.8 Å². The first-order valence-electron chi connectivity index (χ1n) is 6.20. The van der Waals surface area contributed by atoms with E-state index < -0.39 is 0 Å². The predicted molar refractivity (Wildman–Crippen MR) is 83.4 cm³/mol. The maximum absolute atomic E-state index is 7.26. The molecule has 0 unspecified atom stereocenters. The van der Waals surface area contributed by atoms with Crippen LogP contribution in [0.2, 0.25) is 0 Å². The van der Waals surface area contributed by atoms with Crippen LogP contribution in [-0.2, 0) is 16.8 Å². The zero-order valence-electron chi connectivity index (χ0n) is 12.6. The summed E-state index contributed by atoms with van der Waals surface area (Å²) in [5, 5.41) is 0. The molecule has 2 N–H and O–H groups in total. The number of hydrogen-bond acceptors (Lipinski definition) is 2. The van der Waals surface area contributed by atoms with E-state index in [0.29, 0.717) is 11.4 Å². The maximum Gasteiger partial charge on any atom is 2.00 e. The fourth-order valence-electron chi connectivity index (χ4n) is 1.64. The number of benzene rings is 2. The molecule has 0 fully saturated rings. The van der Waals surface area contributed by atoms with Gasteiger partial charge in [0.25, 0.3) is 0 Å². The molecule has 0 amide bonds. The van der Waals surface area contributed by atoms with Crippen LogP contribution in [0.3, 0.4) is 0 Å². The Labute approximate surface area is 136 Å². The Morgan fingerprint density at radius 3 is 1.29 bits per heavy atom. The molecule has 0 heterocycles. The third-order valence-electron chi connectivity index (χ3n) is 2.82. The third-order valence-corrected chi connectivity index (χ3v) is 2.82. The molecular weight excluding hydrogens is 311 g/mol. The summed E-state index contributed by atoms with van der Waals surface area (Å²) in [5.74, 6) is 1.57. The molecule has 5 heteroatoms. The van der Waals surface area contributed by atoms with Crippen LogP contribution in [0.25, 0.3) is 11.5 Å². The average Bonchev–Trinajstić information content (AvgIpc) is 2.44. The van der Waals surface area contributed by atoms with Gasteiger partial charge in [-0.3, -0.25) is 0 Å². The fourth-order valence-corrected chi connectivity index (χ4v) is 1.64. The van der Waals surface area contributed by atoms with Gasteiger partial charge in [0.05, 0.1) is 14.2 Å². The second kappa shape index (κ2) is 9.15. The number of ether oxygens (including phenoxy) is 2. The molecule has 21 heavy (non-hydrogen) atoms. The molecule has 0 spiro atoms. The van der Waals surface area contributed by atoms with Crippen molar-refractivity contribution >= 4 is 11.4 Å². The number of aryl methyl sites for hydroxylation is 2. The van der Waals surface area contributed by atoms with Gasteiger partial charge in [0.1, 0.15) is 11.5 Å². The van der Waals surface area contributed by atoms with E-state index >= 15 is 0 Å². The zero-order valence-corrected chi connectivity index (χ0v) is 13.7. The normalized spacial score (nSPS) is 8.95. The minimum atomic E-state index is 0. The van der Waals surface area contributed by atoms with Crippen molar-refractivity contribution in [1.29, 1.82) is 0 Å². The summed E-state index contributed by atoms with van der Waals surface area (Å²) in [6.45, 7) is 3.91. The standard InChI is InChI=1S/2C8H10NO.Co/c2*1-6-3-4-7(9)5-8(6)10-2;/h2*3-5,9H,1-2H3;/q2*-1;+2. The van der Waals surface area contributed by atoms with Crippen LogP contribution in [-0.4, -0.2) is 14.2 Å². The molecule has 0 aliphatic heterocycles.